The molecule has 138 valence electrons. The number of Topliss-reactive ketones (excluding diaryl/α,β-unsaturated/α-hetero) is 1. The van der Waals surface area contributed by atoms with Crippen LogP contribution in [0.1, 0.15) is 33.5 Å². The number of ketones is 1. The molecule has 1 heterocycles. The van der Waals surface area contributed by atoms with Gasteiger partial charge >= 0.3 is 0 Å². The van der Waals surface area contributed by atoms with Crippen molar-refractivity contribution >= 4 is 23.3 Å². The number of hydrogen-bond acceptors (Lipinski definition) is 4. The Kier molecular flexibility index (Phi) is 5.63. The van der Waals surface area contributed by atoms with Gasteiger partial charge in [-0.15, -0.1) is 0 Å². The molecule has 6 nitrogen and oxygen atoms in total. The maximum atomic E-state index is 13.9. The average molecular weight is 387 g/mol. The van der Waals surface area contributed by atoms with Crippen molar-refractivity contribution in [2.24, 2.45) is 0 Å². The van der Waals surface area contributed by atoms with Crippen molar-refractivity contribution in [2.75, 3.05) is 0 Å². The summed E-state index contributed by atoms with van der Waals surface area (Å²) >= 11 is 5.92. The summed E-state index contributed by atoms with van der Waals surface area (Å²) in [6.45, 7) is 1.73. The van der Waals surface area contributed by atoms with Crippen LogP contribution in [0.25, 0.3) is 11.1 Å². The Morgan fingerprint density at radius 1 is 1.15 bits per heavy atom. The Bertz CT molecular complexity index is 986. The van der Waals surface area contributed by atoms with Gasteiger partial charge in [-0.2, -0.15) is 5.10 Å². The molecule has 0 fully saturated rings. The Morgan fingerprint density at radius 2 is 1.89 bits per heavy atom. The Hall–Kier alpha value is -3.03. The number of H-pyrrole nitrogens is 1. The van der Waals surface area contributed by atoms with Gasteiger partial charge in [-0.25, -0.2) is 9.82 Å². The molecule has 0 saturated heterocycles. The second kappa shape index (κ2) is 8.11. The molecule has 0 aliphatic rings. The number of aromatic amines is 1. The Labute approximate surface area is 159 Å². The molecule has 3 N–H and O–H groups in total. The first-order valence-corrected chi connectivity index (χ1v) is 8.46. The fourth-order valence-corrected chi connectivity index (χ4v) is 2.61. The largest absolute Gasteiger partial charge is 0.293 e. The van der Waals surface area contributed by atoms with Crippen LogP contribution in [-0.4, -0.2) is 21.9 Å². The molecule has 0 aliphatic carbocycles. The van der Waals surface area contributed by atoms with Crippen LogP contribution in [0.3, 0.4) is 0 Å². The minimum absolute atomic E-state index is 0.180. The molecule has 0 spiro atoms. The number of carbonyl (C=O) groups is 2. The third-order valence-corrected chi connectivity index (χ3v) is 4.11. The van der Waals surface area contributed by atoms with E-state index in [9.17, 15) is 14.0 Å². The Balaban J connectivity index is 1.58. The van der Waals surface area contributed by atoms with Gasteiger partial charge in [0.05, 0.1) is 0 Å². The minimum Gasteiger partial charge on any atom is -0.293 e. The highest BCUT2D eigenvalue weighted by molar-refractivity contribution is 6.30. The number of hydrazine groups is 1. The first-order chi connectivity index (χ1) is 12.9. The number of rotatable bonds is 6. The van der Waals surface area contributed by atoms with Gasteiger partial charge in [0.1, 0.15) is 17.2 Å². The van der Waals surface area contributed by atoms with Crippen LogP contribution >= 0.6 is 11.6 Å². The molecule has 0 bridgehead atoms. The summed E-state index contributed by atoms with van der Waals surface area (Å²) in [6, 6.07) is 13.0. The van der Waals surface area contributed by atoms with Crippen molar-refractivity contribution in [1.29, 1.82) is 0 Å². The average Bonchev–Trinajstić information content (AvgIpc) is 3.15. The van der Waals surface area contributed by atoms with Crippen molar-refractivity contribution in [2.45, 2.75) is 13.5 Å². The van der Waals surface area contributed by atoms with E-state index >= 15 is 0 Å². The number of carbonyl (C=O) groups excluding carboxylic acids is 2. The zero-order valence-electron chi connectivity index (χ0n) is 14.3. The van der Waals surface area contributed by atoms with Crippen LogP contribution in [0, 0.1) is 5.82 Å². The van der Waals surface area contributed by atoms with E-state index in [0.29, 0.717) is 22.7 Å². The van der Waals surface area contributed by atoms with E-state index in [2.05, 4.69) is 21.0 Å². The number of benzene rings is 2. The summed E-state index contributed by atoms with van der Waals surface area (Å²) in [4.78, 5) is 23.2. The maximum absolute atomic E-state index is 13.9. The lowest BCUT2D eigenvalue weighted by Gasteiger charge is -2.08. The van der Waals surface area contributed by atoms with Crippen LogP contribution in [0.2, 0.25) is 5.02 Å². The van der Waals surface area contributed by atoms with E-state index in [0.717, 1.165) is 5.56 Å². The van der Waals surface area contributed by atoms with Crippen LogP contribution in [0.15, 0.2) is 48.5 Å². The highest BCUT2D eigenvalue weighted by Crippen LogP contribution is 2.26. The van der Waals surface area contributed by atoms with Crippen molar-refractivity contribution in [3.63, 3.8) is 0 Å². The second-order valence-corrected chi connectivity index (χ2v) is 6.29. The Morgan fingerprint density at radius 3 is 2.56 bits per heavy atom. The molecular formula is C19H16ClFN4O2. The van der Waals surface area contributed by atoms with Gasteiger partial charge in [0, 0.05) is 24.1 Å². The molecule has 1 aromatic heterocycles. The molecule has 3 aromatic rings. The molecule has 0 radical (unpaired) electrons. The zero-order valence-corrected chi connectivity index (χ0v) is 15.1. The zero-order chi connectivity index (χ0) is 19.4. The first-order valence-electron chi connectivity index (χ1n) is 8.08. The minimum atomic E-state index is -0.437. The molecule has 1 amide bonds. The molecule has 0 aliphatic heterocycles. The molecule has 8 heteroatoms. The summed E-state index contributed by atoms with van der Waals surface area (Å²) in [5.74, 6) is -1.01. The van der Waals surface area contributed by atoms with Crippen LogP contribution < -0.4 is 10.9 Å². The third-order valence-electron chi connectivity index (χ3n) is 3.87. The highest BCUT2D eigenvalue weighted by atomic mass is 35.5. The summed E-state index contributed by atoms with van der Waals surface area (Å²) < 4.78 is 13.9. The predicted molar refractivity (Wildman–Crippen MR) is 99.7 cm³/mol. The molecule has 27 heavy (non-hydrogen) atoms. The first kappa shape index (κ1) is 18.8. The number of nitrogens with zero attached hydrogens (tertiary/aromatic N) is 1. The van der Waals surface area contributed by atoms with Crippen molar-refractivity contribution in [1.82, 2.24) is 21.0 Å². The normalized spacial score (nSPS) is 10.6. The number of amides is 1. The van der Waals surface area contributed by atoms with E-state index in [1.165, 1.54) is 25.1 Å². The van der Waals surface area contributed by atoms with E-state index in [1.54, 1.807) is 18.2 Å². The molecule has 0 unspecified atom stereocenters. The van der Waals surface area contributed by atoms with E-state index < -0.39 is 5.91 Å². The molecular weight excluding hydrogens is 371 g/mol. The summed E-state index contributed by atoms with van der Waals surface area (Å²) in [6.07, 6.45) is 0. The number of halogens is 2. The lowest BCUT2D eigenvalue weighted by molar-refractivity contribution is 0.0926. The fourth-order valence-electron chi connectivity index (χ4n) is 2.43. The van der Waals surface area contributed by atoms with Gasteiger partial charge in [0.25, 0.3) is 5.91 Å². The summed E-state index contributed by atoms with van der Waals surface area (Å²) in [5, 5.41) is 6.72. The van der Waals surface area contributed by atoms with Crippen LogP contribution in [0.5, 0.6) is 0 Å². The number of nitrogens with one attached hydrogen (secondary N) is 3. The molecule has 3 rings (SSSR count). The maximum Gasteiger partial charge on any atom is 0.283 e. The number of aromatic nitrogens is 2. The monoisotopic (exact) mass is 386 g/mol. The van der Waals surface area contributed by atoms with E-state index in [-0.39, 0.29) is 23.0 Å². The van der Waals surface area contributed by atoms with Gasteiger partial charge < -0.3 is 0 Å². The van der Waals surface area contributed by atoms with Crippen molar-refractivity contribution in [3.8, 4) is 11.1 Å². The standard InChI is InChI=1S/C19H16ClFN4O2/c1-11(26)17-9-18(24-23-17)19(27)25-22-10-12-2-4-13(5-3-12)15-8-14(20)6-7-16(15)21/h2-9,22H,10H2,1H3,(H,23,24)(H,25,27). The third kappa shape index (κ3) is 4.58. The van der Waals surface area contributed by atoms with Crippen molar-refractivity contribution < 1.29 is 14.0 Å². The van der Waals surface area contributed by atoms with Gasteiger partial charge in [-0.1, -0.05) is 35.9 Å². The molecule has 0 saturated carbocycles. The topological polar surface area (TPSA) is 86.9 Å². The quantitative estimate of drug-likeness (QED) is 0.447. The van der Waals surface area contributed by atoms with E-state index in [4.69, 9.17) is 11.6 Å². The van der Waals surface area contributed by atoms with Gasteiger partial charge in [0.2, 0.25) is 0 Å². The van der Waals surface area contributed by atoms with Gasteiger partial charge in [-0.3, -0.25) is 20.1 Å². The predicted octanol–water partition coefficient (Wildman–Crippen LogP) is 3.51. The number of hydrogen-bond donors (Lipinski definition) is 3. The van der Waals surface area contributed by atoms with E-state index in [1.807, 2.05) is 12.1 Å². The highest BCUT2D eigenvalue weighted by Gasteiger charge is 2.11. The summed E-state index contributed by atoms with van der Waals surface area (Å²) in [5.41, 5.74) is 7.70. The second-order valence-electron chi connectivity index (χ2n) is 5.85. The fraction of sp³-hybridized carbons (Fsp3) is 0.105. The lowest BCUT2D eigenvalue weighted by atomic mass is 10.0. The molecule has 2 aromatic carbocycles. The van der Waals surface area contributed by atoms with Gasteiger partial charge in [-0.05, 0) is 35.4 Å². The smallest absolute Gasteiger partial charge is 0.283 e. The lowest BCUT2D eigenvalue weighted by Crippen LogP contribution is -2.37. The summed E-state index contributed by atoms with van der Waals surface area (Å²) in [7, 11) is 0. The van der Waals surface area contributed by atoms with Crippen molar-refractivity contribution in [3.05, 3.63) is 76.3 Å². The SMILES string of the molecule is CC(=O)c1cc(C(=O)NNCc2ccc(-c3cc(Cl)ccc3F)cc2)[nH]n1. The van der Waals surface area contributed by atoms with Gasteiger partial charge in [0.15, 0.2) is 5.78 Å². The molecule has 0 atom stereocenters. The van der Waals surface area contributed by atoms with Crippen LogP contribution in [-0.2, 0) is 6.54 Å². The van der Waals surface area contributed by atoms with Crippen LogP contribution in [0.4, 0.5) is 4.39 Å².